The summed E-state index contributed by atoms with van der Waals surface area (Å²) in [6.07, 6.45) is 0. The van der Waals surface area contributed by atoms with Crippen LogP contribution in [0.15, 0.2) is 151 Å². The summed E-state index contributed by atoms with van der Waals surface area (Å²) in [5.41, 5.74) is 0.702. The van der Waals surface area contributed by atoms with Crippen LogP contribution in [0.4, 0.5) is 0 Å². The Morgan fingerprint density at radius 1 is 0.558 bits per heavy atom. The van der Waals surface area contributed by atoms with E-state index in [0.29, 0.717) is 51.7 Å². The number of fused-ring (bicyclic) bond motifs is 5. The van der Waals surface area contributed by atoms with Crippen LogP contribution in [0.3, 0.4) is 0 Å². The van der Waals surface area contributed by atoms with Crippen LogP contribution >= 0.6 is 0 Å². The molecule has 0 fully saturated rings. The van der Waals surface area contributed by atoms with E-state index in [-0.39, 0.29) is 32.7 Å². The standard InChI is InChI=1S/C42H28O/c1-3-27-17-14-23-30(29(27)4-2)40-31-18-8-10-20-33(31)41(34-21-11-9-19-32(34)40)36-25-26-38-42(35-22-12-13-24-37(35)43-38)39(36)28-15-6-5-7-16-28/h3-26H,1-2H2/i1D,2D,3D,4D,8D,9D,10D,11D,14D,17D,18D,19D,20D,21D,23D. The maximum Gasteiger partial charge on any atom is 0.136 e. The number of hydrogen-bond acceptors (Lipinski definition) is 1. The molecule has 8 aromatic rings. The first kappa shape index (κ1) is 14.0. The van der Waals surface area contributed by atoms with E-state index >= 15 is 0 Å². The molecular formula is C42H28O. The third kappa shape index (κ3) is 3.79. The van der Waals surface area contributed by atoms with Crippen molar-refractivity contribution in [2.24, 2.45) is 0 Å². The topological polar surface area (TPSA) is 13.1 Å². The third-order valence-electron chi connectivity index (χ3n) is 7.66. The van der Waals surface area contributed by atoms with Crippen LogP contribution in [-0.2, 0) is 0 Å². The second-order valence-corrected chi connectivity index (χ2v) is 9.86. The zero-order valence-corrected chi connectivity index (χ0v) is 22.4. The highest BCUT2D eigenvalue weighted by Gasteiger charge is 2.23. The summed E-state index contributed by atoms with van der Waals surface area (Å²) < 4.78 is 140. The fourth-order valence-corrected chi connectivity index (χ4v) is 5.92. The molecule has 0 amide bonds. The van der Waals surface area contributed by atoms with E-state index < -0.39 is 95.3 Å². The number of para-hydroxylation sites is 1. The lowest BCUT2D eigenvalue weighted by Gasteiger charge is -2.21. The molecule has 0 unspecified atom stereocenters. The van der Waals surface area contributed by atoms with Gasteiger partial charge in [0, 0.05) is 16.3 Å². The Labute approximate surface area is 271 Å². The van der Waals surface area contributed by atoms with Gasteiger partial charge < -0.3 is 4.42 Å². The van der Waals surface area contributed by atoms with Gasteiger partial charge in [0.25, 0.3) is 0 Å². The summed E-state index contributed by atoms with van der Waals surface area (Å²) in [6.45, 7) is 1.11. The van der Waals surface area contributed by atoms with Crippen LogP contribution in [0.25, 0.3) is 89.0 Å². The van der Waals surface area contributed by atoms with E-state index in [1.54, 1.807) is 18.2 Å². The van der Waals surface area contributed by atoms with Gasteiger partial charge in [0.2, 0.25) is 0 Å². The molecule has 0 atom stereocenters. The molecular weight excluding hydrogens is 520 g/mol. The maximum atomic E-state index is 9.50. The Kier molecular flexibility index (Phi) is 3.26. The monoisotopic (exact) mass is 563 g/mol. The summed E-state index contributed by atoms with van der Waals surface area (Å²) in [5, 5.41) is 0.264. The Bertz CT molecular complexity index is 3080. The van der Waals surface area contributed by atoms with Gasteiger partial charge in [-0.25, -0.2) is 0 Å². The highest BCUT2D eigenvalue weighted by molar-refractivity contribution is 6.25. The molecule has 7 aromatic carbocycles. The first-order chi connectivity index (χ1) is 27.7. The lowest BCUT2D eigenvalue weighted by Crippen LogP contribution is -1.95. The fraction of sp³-hybridized carbons (Fsp3) is 0. The molecule has 1 heterocycles. The van der Waals surface area contributed by atoms with Gasteiger partial charge >= 0.3 is 0 Å². The predicted molar refractivity (Wildman–Crippen MR) is 185 cm³/mol. The number of furan rings is 1. The third-order valence-corrected chi connectivity index (χ3v) is 7.66. The molecule has 0 aliphatic heterocycles. The summed E-state index contributed by atoms with van der Waals surface area (Å²) in [5.74, 6) is 0. The normalized spacial score (nSPS) is 17.3. The molecule has 0 aliphatic rings. The van der Waals surface area contributed by atoms with Crippen molar-refractivity contribution < 1.29 is 25.0 Å². The zero-order chi connectivity index (χ0) is 41.6. The molecule has 8 rings (SSSR count). The summed E-state index contributed by atoms with van der Waals surface area (Å²) in [6, 6.07) is 10.8. The lowest BCUT2D eigenvalue weighted by molar-refractivity contribution is 0.669. The molecule has 0 bridgehead atoms. The van der Waals surface area contributed by atoms with E-state index in [1.807, 2.05) is 48.5 Å². The number of rotatable bonds is 5. The molecule has 43 heavy (non-hydrogen) atoms. The second kappa shape index (κ2) is 10.0. The molecule has 0 saturated heterocycles. The minimum absolute atomic E-state index is 0.00432. The molecule has 1 heteroatoms. The Morgan fingerprint density at radius 2 is 1.21 bits per heavy atom. The van der Waals surface area contributed by atoms with Crippen molar-refractivity contribution in [1.29, 1.82) is 0 Å². The summed E-state index contributed by atoms with van der Waals surface area (Å²) in [4.78, 5) is 0. The van der Waals surface area contributed by atoms with Crippen molar-refractivity contribution in [2.75, 3.05) is 0 Å². The van der Waals surface area contributed by atoms with Crippen molar-refractivity contribution in [1.82, 2.24) is 0 Å². The van der Waals surface area contributed by atoms with Crippen LogP contribution in [0, 0.1) is 0 Å². The molecule has 202 valence electrons. The molecule has 1 aromatic heterocycles. The Balaban J connectivity index is 1.78. The molecule has 0 aliphatic carbocycles. The average molecular weight is 564 g/mol. The molecule has 0 saturated carbocycles. The Morgan fingerprint density at radius 3 is 1.91 bits per heavy atom. The predicted octanol–water partition coefficient (Wildman–Crippen LogP) is 12.2. The first-order valence-corrected chi connectivity index (χ1v) is 13.4. The highest BCUT2D eigenvalue weighted by Crippen LogP contribution is 2.49. The van der Waals surface area contributed by atoms with Crippen molar-refractivity contribution in [3.05, 3.63) is 157 Å². The van der Waals surface area contributed by atoms with Crippen LogP contribution in [-0.4, -0.2) is 0 Å². The minimum Gasteiger partial charge on any atom is -0.456 e. The minimum atomic E-state index is -0.783. The van der Waals surface area contributed by atoms with Gasteiger partial charge in [-0.1, -0.05) is 140 Å². The largest absolute Gasteiger partial charge is 0.456 e. The fourth-order valence-electron chi connectivity index (χ4n) is 5.92. The van der Waals surface area contributed by atoms with Crippen molar-refractivity contribution in [3.8, 4) is 33.4 Å². The number of hydrogen-bond donors (Lipinski definition) is 0. The van der Waals surface area contributed by atoms with Gasteiger partial charge in [-0.3, -0.25) is 0 Å². The van der Waals surface area contributed by atoms with Crippen LogP contribution in [0.2, 0.25) is 0 Å². The zero-order valence-electron chi connectivity index (χ0n) is 37.4. The molecule has 1 nitrogen and oxygen atoms in total. The van der Waals surface area contributed by atoms with Crippen molar-refractivity contribution in [2.45, 2.75) is 0 Å². The van der Waals surface area contributed by atoms with Gasteiger partial charge in [-0.05, 0) is 78.7 Å². The summed E-state index contributed by atoms with van der Waals surface area (Å²) in [7, 11) is 0. The molecule has 0 N–H and O–H groups in total. The van der Waals surface area contributed by atoms with Crippen LogP contribution < -0.4 is 0 Å². The number of benzene rings is 7. The van der Waals surface area contributed by atoms with Gasteiger partial charge in [0.1, 0.15) is 11.2 Å². The summed E-state index contributed by atoms with van der Waals surface area (Å²) >= 11 is 0. The van der Waals surface area contributed by atoms with E-state index in [4.69, 9.17) is 18.1 Å². The van der Waals surface area contributed by atoms with Gasteiger partial charge in [0.05, 0.1) is 20.6 Å². The van der Waals surface area contributed by atoms with E-state index in [2.05, 4.69) is 0 Å². The van der Waals surface area contributed by atoms with Gasteiger partial charge in [0.15, 0.2) is 0 Å². The van der Waals surface area contributed by atoms with Gasteiger partial charge in [-0.2, -0.15) is 0 Å². The highest BCUT2D eigenvalue weighted by atomic mass is 16.3. The first-order valence-electron chi connectivity index (χ1n) is 21.0. The quantitative estimate of drug-likeness (QED) is 0.190. The van der Waals surface area contributed by atoms with E-state index in [0.717, 1.165) is 0 Å². The maximum absolute atomic E-state index is 9.50. The van der Waals surface area contributed by atoms with Crippen molar-refractivity contribution >= 4 is 55.6 Å². The Hall–Kier alpha value is -5.66. The van der Waals surface area contributed by atoms with Crippen molar-refractivity contribution in [3.63, 3.8) is 0 Å². The van der Waals surface area contributed by atoms with Gasteiger partial charge in [-0.15, -0.1) is 0 Å². The lowest BCUT2D eigenvalue weighted by atomic mass is 9.81. The molecule has 0 radical (unpaired) electrons. The SMILES string of the molecule is [2H]C=C([2H])c1c([2H])c([2H])c([2H])c(-c2c3c([2H])c([2H])c([2H])c([2H])c3c(-c3ccc4oc5ccccc5c4c3-c3ccccc3)c3c([2H])c([2H])c([2H])c([2H])c23)c1C([2H])=C[2H]. The molecule has 0 spiro atoms. The smallest absolute Gasteiger partial charge is 0.136 e. The second-order valence-electron chi connectivity index (χ2n) is 9.86. The van der Waals surface area contributed by atoms with E-state index in [9.17, 15) is 6.85 Å². The van der Waals surface area contributed by atoms with E-state index in [1.165, 1.54) is 0 Å². The van der Waals surface area contributed by atoms with Crippen LogP contribution in [0.1, 0.15) is 31.7 Å². The average Bonchev–Trinajstić information content (AvgIpc) is 3.62. The van der Waals surface area contributed by atoms with Crippen LogP contribution in [0.5, 0.6) is 0 Å².